The molecule has 5 nitrogen and oxygen atoms in total. The van der Waals surface area contributed by atoms with Gasteiger partial charge in [-0.25, -0.2) is 9.97 Å². The summed E-state index contributed by atoms with van der Waals surface area (Å²) in [5.74, 6) is 1.68. The van der Waals surface area contributed by atoms with Crippen LogP contribution in [0.4, 0.5) is 0 Å². The monoisotopic (exact) mass is 268 g/mol. The van der Waals surface area contributed by atoms with Crippen molar-refractivity contribution >= 4 is 5.65 Å². The van der Waals surface area contributed by atoms with Crippen molar-refractivity contribution in [2.24, 2.45) is 5.73 Å². The summed E-state index contributed by atoms with van der Waals surface area (Å²) in [5.41, 5.74) is 9.29. The molecule has 0 radical (unpaired) electrons. The number of hydrogen-bond donors (Lipinski definition) is 1. The van der Waals surface area contributed by atoms with Crippen LogP contribution in [0.15, 0.2) is 36.7 Å². The number of rotatable bonds is 3. The second-order valence-corrected chi connectivity index (χ2v) is 4.55. The van der Waals surface area contributed by atoms with Gasteiger partial charge in [-0.3, -0.25) is 4.40 Å². The van der Waals surface area contributed by atoms with Crippen molar-refractivity contribution in [1.82, 2.24) is 14.4 Å². The molecule has 2 N–H and O–H groups in total. The van der Waals surface area contributed by atoms with Crippen LogP contribution in [-0.2, 0) is 6.54 Å². The number of aryl methyl sites for hydroxylation is 1. The Labute approximate surface area is 117 Å². The lowest BCUT2D eigenvalue weighted by Crippen LogP contribution is -1.97. The van der Waals surface area contributed by atoms with Gasteiger partial charge in [0.25, 0.3) is 0 Å². The maximum absolute atomic E-state index is 5.69. The van der Waals surface area contributed by atoms with Crippen molar-refractivity contribution in [2.75, 3.05) is 7.11 Å². The number of hydrogen-bond acceptors (Lipinski definition) is 4. The van der Waals surface area contributed by atoms with Gasteiger partial charge < -0.3 is 10.5 Å². The molecule has 3 rings (SSSR count). The molecule has 2 aromatic heterocycles. The SMILES string of the molecule is COc1ccccc1-c1cnc(C)n2cc(CN)nc12. The van der Waals surface area contributed by atoms with E-state index in [0.717, 1.165) is 34.0 Å². The minimum atomic E-state index is 0.409. The van der Waals surface area contributed by atoms with Crippen LogP contribution in [0.3, 0.4) is 0 Å². The molecule has 5 heteroatoms. The molecule has 20 heavy (non-hydrogen) atoms. The van der Waals surface area contributed by atoms with Crippen LogP contribution in [0.25, 0.3) is 16.8 Å². The van der Waals surface area contributed by atoms with Gasteiger partial charge in [-0.2, -0.15) is 0 Å². The first-order valence-electron chi connectivity index (χ1n) is 6.41. The zero-order valence-corrected chi connectivity index (χ0v) is 11.5. The first kappa shape index (κ1) is 12.6. The second-order valence-electron chi connectivity index (χ2n) is 4.55. The van der Waals surface area contributed by atoms with Crippen LogP contribution in [0.2, 0.25) is 0 Å². The van der Waals surface area contributed by atoms with Crippen molar-refractivity contribution in [3.63, 3.8) is 0 Å². The predicted octanol–water partition coefficient (Wildman–Crippen LogP) is 2.17. The smallest absolute Gasteiger partial charge is 0.148 e. The molecule has 0 bridgehead atoms. The fourth-order valence-electron chi connectivity index (χ4n) is 2.30. The molecule has 2 heterocycles. The first-order chi connectivity index (χ1) is 9.74. The van der Waals surface area contributed by atoms with E-state index < -0.39 is 0 Å². The van der Waals surface area contributed by atoms with Crippen molar-refractivity contribution in [1.29, 1.82) is 0 Å². The Morgan fingerprint density at radius 3 is 2.80 bits per heavy atom. The molecule has 0 saturated carbocycles. The second kappa shape index (κ2) is 4.94. The fraction of sp³-hybridized carbons (Fsp3) is 0.200. The van der Waals surface area contributed by atoms with Crippen LogP contribution in [0.1, 0.15) is 11.5 Å². The van der Waals surface area contributed by atoms with E-state index in [9.17, 15) is 0 Å². The number of nitrogens with zero attached hydrogens (tertiary/aromatic N) is 3. The van der Waals surface area contributed by atoms with E-state index in [1.54, 1.807) is 7.11 Å². The van der Waals surface area contributed by atoms with Gasteiger partial charge >= 0.3 is 0 Å². The molecule has 0 spiro atoms. The van der Waals surface area contributed by atoms with Gasteiger partial charge in [0.05, 0.1) is 12.8 Å². The molecule has 3 aromatic rings. The lowest BCUT2D eigenvalue weighted by molar-refractivity contribution is 0.416. The minimum absolute atomic E-state index is 0.409. The van der Waals surface area contributed by atoms with E-state index in [1.807, 2.05) is 48.0 Å². The van der Waals surface area contributed by atoms with Crippen LogP contribution in [-0.4, -0.2) is 21.5 Å². The van der Waals surface area contributed by atoms with E-state index in [0.29, 0.717) is 6.54 Å². The van der Waals surface area contributed by atoms with E-state index >= 15 is 0 Å². The number of ether oxygens (including phenoxy) is 1. The highest BCUT2D eigenvalue weighted by Crippen LogP contribution is 2.32. The zero-order chi connectivity index (χ0) is 14.1. The third-order valence-corrected chi connectivity index (χ3v) is 3.33. The Morgan fingerprint density at radius 2 is 2.05 bits per heavy atom. The Hall–Kier alpha value is -2.40. The molecule has 0 amide bonds. The summed E-state index contributed by atoms with van der Waals surface area (Å²) < 4.78 is 7.38. The highest BCUT2D eigenvalue weighted by Gasteiger charge is 2.13. The lowest BCUT2D eigenvalue weighted by Gasteiger charge is -2.09. The summed E-state index contributed by atoms with van der Waals surface area (Å²) >= 11 is 0. The Morgan fingerprint density at radius 1 is 1.25 bits per heavy atom. The zero-order valence-electron chi connectivity index (χ0n) is 11.5. The Bertz CT molecular complexity index is 764. The van der Waals surface area contributed by atoms with E-state index in [2.05, 4.69) is 9.97 Å². The van der Waals surface area contributed by atoms with Gasteiger partial charge in [0, 0.05) is 30.1 Å². The molecule has 0 aliphatic heterocycles. The number of aromatic nitrogens is 3. The van der Waals surface area contributed by atoms with Gasteiger partial charge in [0.1, 0.15) is 17.2 Å². The van der Waals surface area contributed by atoms with Crippen LogP contribution in [0.5, 0.6) is 5.75 Å². The van der Waals surface area contributed by atoms with E-state index in [-0.39, 0.29) is 0 Å². The van der Waals surface area contributed by atoms with Gasteiger partial charge in [0.15, 0.2) is 0 Å². The Kier molecular flexibility index (Phi) is 3.12. The quantitative estimate of drug-likeness (QED) is 0.790. The molecule has 102 valence electrons. The van der Waals surface area contributed by atoms with Crippen molar-refractivity contribution in [3.8, 4) is 16.9 Å². The van der Waals surface area contributed by atoms with Gasteiger partial charge in [-0.05, 0) is 13.0 Å². The molecule has 0 atom stereocenters. The van der Waals surface area contributed by atoms with Crippen molar-refractivity contribution in [2.45, 2.75) is 13.5 Å². The molecule has 1 aromatic carbocycles. The standard InChI is InChI=1S/C15H16N4O/c1-10-17-8-13(12-5-3-4-6-14(12)20-2)15-18-11(7-16)9-19(10)15/h3-6,8-9H,7,16H2,1-2H3. The molecule has 0 aliphatic rings. The fourth-order valence-corrected chi connectivity index (χ4v) is 2.30. The summed E-state index contributed by atoms with van der Waals surface area (Å²) in [6.07, 6.45) is 3.76. The Balaban J connectivity index is 2.31. The minimum Gasteiger partial charge on any atom is -0.496 e. The topological polar surface area (TPSA) is 65.4 Å². The van der Waals surface area contributed by atoms with Gasteiger partial charge in [-0.15, -0.1) is 0 Å². The summed E-state index contributed by atoms with van der Waals surface area (Å²) in [5, 5.41) is 0. The molecule has 0 unspecified atom stereocenters. The average molecular weight is 268 g/mol. The molecular weight excluding hydrogens is 252 g/mol. The molecule has 0 saturated heterocycles. The maximum atomic E-state index is 5.69. The summed E-state index contributed by atoms with van der Waals surface area (Å²) in [4.78, 5) is 9.02. The third-order valence-electron chi connectivity index (χ3n) is 3.33. The maximum Gasteiger partial charge on any atom is 0.148 e. The number of para-hydroxylation sites is 1. The number of methoxy groups -OCH3 is 1. The summed E-state index contributed by atoms with van der Waals surface area (Å²) in [7, 11) is 1.66. The summed E-state index contributed by atoms with van der Waals surface area (Å²) in [6.45, 7) is 2.35. The van der Waals surface area contributed by atoms with E-state index in [1.165, 1.54) is 0 Å². The highest BCUT2D eigenvalue weighted by molar-refractivity contribution is 5.81. The van der Waals surface area contributed by atoms with Crippen LogP contribution < -0.4 is 10.5 Å². The molecular formula is C15H16N4O. The summed E-state index contributed by atoms with van der Waals surface area (Å²) in [6, 6.07) is 7.85. The lowest BCUT2D eigenvalue weighted by atomic mass is 10.1. The molecule has 0 fully saturated rings. The average Bonchev–Trinajstić information content (AvgIpc) is 2.93. The van der Waals surface area contributed by atoms with E-state index in [4.69, 9.17) is 10.5 Å². The number of nitrogens with two attached hydrogens (primary N) is 1. The predicted molar refractivity (Wildman–Crippen MR) is 77.6 cm³/mol. The largest absolute Gasteiger partial charge is 0.496 e. The van der Waals surface area contributed by atoms with Crippen molar-refractivity contribution < 1.29 is 4.74 Å². The van der Waals surface area contributed by atoms with Crippen LogP contribution >= 0.6 is 0 Å². The van der Waals surface area contributed by atoms with Crippen molar-refractivity contribution in [3.05, 3.63) is 48.2 Å². The van der Waals surface area contributed by atoms with Gasteiger partial charge in [0.2, 0.25) is 0 Å². The third kappa shape index (κ3) is 1.92. The van der Waals surface area contributed by atoms with Gasteiger partial charge in [-0.1, -0.05) is 18.2 Å². The normalized spacial score (nSPS) is 10.9. The molecule has 0 aliphatic carbocycles. The van der Waals surface area contributed by atoms with Crippen LogP contribution in [0, 0.1) is 6.92 Å². The first-order valence-corrected chi connectivity index (χ1v) is 6.41. The number of benzene rings is 1. The number of imidazole rings is 1. The number of fused-ring (bicyclic) bond motifs is 1. The highest BCUT2D eigenvalue weighted by atomic mass is 16.5.